The van der Waals surface area contributed by atoms with Gasteiger partial charge in [0.15, 0.2) is 9.84 Å². The Hall–Kier alpha value is -3.85. The molecule has 4 aromatic rings. The van der Waals surface area contributed by atoms with Crippen LogP contribution in [-0.2, 0) is 16.4 Å². The van der Waals surface area contributed by atoms with Crippen molar-refractivity contribution in [2.75, 3.05) is 24.7 Å². The molecule has 2 N–H and O–H groups in total. The van der Waals surface area contributed by atoms with Crippen LogP contribution in [0.15, 0.2) is 77.7 Å². The highest BCUT2D eigenvalue weighted by Gasteiger charge is 2.25. The highest BCUT2D eigenvalue weighted by molar-refractivity contribution is 7.91. The first-order chi connectivity index (χ1) is 16.8. The van der Waals surface area contributed by atoms with Crippen LogP contribution in [0.3, 0.4) is 0 Å². The van der Waals surface area contributed by atoms with Crippen molar-refractivity contribution in [2.24, 2.45) is 0 Å². The van der Waals surface area contributed by atoms with Crippen molar-refractivity contribution in [1.29, 1.82) is 0 Å². The number of ether oxygens (including phenoxy) is 1. The van der Waals surface area contributed by atoms with Crippen LogP contribution in [0.4, 0.5) is 14.9 Å². The molecule has 0 unspecified atom stereocenters. The Morgan fingerprint density at radius 1 is 1.03 bits per heavy atom. The summed E-state index contributed by atoms with van der Waals surface area (Å²) in [5.41, 5.74) is 2.76. The van der Waals surface area contributed by atoms with E-state index in [2.05, 4.69) is 10.6 Å². The molecule has 0 aliphatic carbocycles. The molecular formula is C26H26FN3O4S. The van der Waals surface area contributed by atoms with Crippen LogP contribution in [0.1, 0.15) is 11.3 Å². The number of sulfone groups is 1. The smallest absolute Gasteiger partial charge is 0.319 e. The number of amides is 2. The number of halogens is 1. The number of benzene rings is 3. The highest BCUT2D eigenvalue weighted by Crippen LogP contribution is 2.31. The number of methoxy groups -OCH3 is 1. The van der Waals surface area contributed by atoms with E-state index in [-0.39, 0.29) is 23.0 Å². The SMILES string of the molecule is COc1cccc(NC(=O)NCCS(=O)(=O)c2c(C)n(Cc3ccc(F)cc3)c3ccccc23)c1. The molecule has 0 radical (unpaired) electrons. The third kappa shape index (κ3) is 5.46. The number of urea groups is 1. The molecular weight excluding hydrogens is 469 g/mol. The number of hydrogen-bond donors (Lipinski definition) is 2. The fourth-order valence-corrected chi connectivity index (χ4v) is 5.69. The van der Waals surface area contributed by atoms with E-state index in [1.165, 1.54) is 19.2 Å². The zero-order valence-corrected chi connectivity index (χ0v) is 20.2. The summed E-state index contributed by atoms with van der Waals surface area (Å²) in [5.74, 6) is 0.0103. The van der Waals surface area contributed by atoms with Crippen molar-refractivity contribution in [1.82, 2.24) is 9.88 Å². The number of anilines is 1. The van der Waals surface area contributed by atoms with Gasteiger partial charge in [0, 0.05) is 41.4 Å². The maximum Gasteiger partial charge on any atom is 0.319 e. The second-order valence-electron chi connectivity index (χ2n) is 8.08. The van der Waals surface area contributed by atoms with Crippen molar-refractivity contribution in [3.63, 3.8) is 0 Å². The molecule has 0 atom stereocenters. The number of para-hydroxylation sites is 1. The van der Waals surface area contributed by atoms with E-state index >= 15 is 0 Å². The summed E-state index contributed by atoms with van der Waals surface area (Å²) in [4.78, 5) is 12.5. The van der Waals surface area contributed by atoms with E-state index in [4.69, 9.17) is 4.74 Å². The van der Waals surface area contributed by atoms with Gasteiger partial charge in [0.1, 0.15) is 11.6 Å². The highest BCUT2D eigenvalue weighted by atomic mass is 32.2. The molecule has 7 nitrogen and oxygen atoms in total. The van der Waals surface area contributed by atoms with Gasteiger partial charge in [0.05, 0.1) is 17.8 Å². The molecule has 4 rings (SSSR count). The van der Waals surface area contributed by atoms with Gasteiger partial charge in [-0.1, -0.05) is 36.4 Å². The Kier molecular flexibility index (Phi) is 7.07. The lowest BCUT2D eigenvalue weighted by atomic mass is 10.2. The largest absolute Gasteiger partial charge is 0.497 e. The molecule has 0 aliphatic heterocycles. The molecule has 35 heavy (non-hydrogen) atoms. The van der Waals surface area contributed by atoms with E-state index in [0.717, 1.165) is 11.1 Å². The van der Waals surface area contributed by atoms with E-state index < -0.39 is 15.9 Å². The summed E-state index contributed by atoms with van der Waals surface area (Å²) in [6.45, 7) is 2.11. The standard InChI is InChI=1S/C26H26FN3O4S/c1-18-25(23-8-3-4-9-24(23)30(18)17-19-10-12-20(27)13-11-19)35(32,33)15-14-28-26(31)29-21-6-5-7-22(16-21)34-2/h3-13,16H,14-15,17H2,1-2H3,(H2,28,29,31). The van der Waals surface area contributed by atoms with Gasteiger partial charge in [-0.25, -0.2) is 17.6 Å². The number of nitrogens with zero attached hydrogens (tertiary/aromatic N) is 1. The first kappa shape index (κ1) is 24.3. The van der Waals surface area contributed by atoms with Crippen LogP contribution in [-0.4, -0.2) is 38.4 Å². The van der Waals surface area contributed by atoms with Crippen LogP contribution < -0.4 is 15.4 Å². The molecule has 1 aromatic heterocycles. The Bertz CT molecular complexity index is 1460. The Morgan fingerprint density at radius 3 is 2.51 bits per heavy atom. The third-order valence-electron chi connectivity index (χ3n) is 5.72. The molecule has 0 bridgehead atoms. The van der Waals surface area contributed by atoms with Gasteiger partial charge < -0.3 is 19.9 Å². The zero-order chi connectivity index (χ0) is 25.0. The number of carbonyl (C=O) groups is 1. The lowest BCUT2D eigenvalue weighted by molar-refractivity contribution is 0.252. The third-order valence-corrected chi connectivity index (χ3v) is 7.60. The number of carbonyl (C=O) groups excluding carboxylic acids is 1. The van der Waals surface area contributed by atoms with E-state index in [1.807, 2.05) is 16.7 Å². The first-order valence-electron chi connectivity index (χ1n) is 11.0. The molecule has 1 heterocycles. The van der Waals surface area contributed by atoms with Gasteiger partial charge in [-0.15, -0.1) is 0 Å². The van der Waals surface area contributed by atoms with Crippen LogP contribution in [0.5, 0.6) is 5.75 Å². The minimum Gasteiger partial charge on any atom is -0.497 e. The molecule has 3 aromatic carbocycles. The Morgan fingerprint density at radius 2 is 1.77 bits per heavy atom. The maximum atomic E-state index is 13.3. The number of aromatic nitrogens is 1. The molecule has 0 aliphatic rings. The molecule has 9 heteroatoms. The lowest BCUT2D eigenvalue weighted by Crippen LogP contribution is -2.33. The summed E-state index contributed by atoms with van der Waals surface area (Å²) < 4.78 is 47.1. The fraction of sp³-hybridized carbons (Fsp3) is 0.192. The van der Waals surface area contributed by atoms with Gasteiger partial charge in [-0.05, 0) is 42.8 Å². The predicted octanol–water partition coefficient (Wildman–Crippen LogP) is 4.74. The van der Waals surface area contributed by atoms with Crippen molar-refractivity contribution in [2.45, 2.75) is 18.4 Å². The van der Waals surface area contributed by atoms with E-state index in [9.17, 15) is 17.6 Å². The average molecular weight is 496 g/mol. The number of hydrogen-bond acceptors (Lipinski definition) is 4. The van der Waals surface area contributed by atoms with Gasteiger partial charge >= 0.3 is 6.03 Å². The summed E-state index contributed by atoms with van der Waals surface area (Å²) >= 11 is 0. The predicted molar refractivity (Wildman–Crippen MR) is 134 cm³/mol. The van der Waals surface area contributed by atoms with Crippen LogP contribution in [0.2, 0.25) is 0 Å². The maximum absolute atomic E-state index is 13.3. The minimum absolute atomic E-state index is 0.0605. The van der Waals surface area contributed by atoms with Crippen molar-refractivity contribution in [3.05, 3.63) is 89.9 Å². The quantitative estimate of drug-likeness (QED) is 0.370. The first-order valence-corrected chi connectivity index (χ1v) is 12.7. The lowest BCUT2D eigenvalue weighted by Gasteiger charge is -2.11. The molecule has 0 saturated heterocycles. The van der Waals surface area contributed by atoms with Crippen LogP contribution >= 0.6 is 0 Å². The molecule has 0 fully saturated rings. The van der Waals surface area contributed by atoms with Crippen molar-refractivity contribution in [3.8, 4) is 5.75 Å². The summed E-state index contributed by atoms with van der Waals surface area (Å²) in [7, 11) is -2.19. The van der Waals surface area contributed by atoms with Gasteiger partial charge in [-0.2, -0.15) is 0 Å². The van der Waals surface area contributed by atoms with Gasteiger partial charge in [0.25, 0.3) is 0 Å². The fourth-order valence-electron chi connectivity index (χ4n) is 4.04. The monoisotopic (exact) mass is 495 g/mol. The van der Waals surface area contributed by atoms with Gasteiger partial charge in [-0.3, -0.25) is 0 Å². The van der Waals surface area contributed by atoms with E-state index in [1.54, 1.807) is 55.5 Å². The minimum atomic E-state index is -3.72. The normalized spacial score (nSPS) is 11.4. The number of nitrogens with one attached hydrogen (secondary N) is 2. The summed E-state index contributed by atoms with van der Waals surface area (Å²) in [6.07, 6.45) is 0. The second kappa shape index (κ2) is 10.2. The van der Waals surface area contributed by atoms with Crippen molar-refractivity contribution >= 4 is 32.5 Å². The molecule has 0 spiro atoms. The topological polar surface area (TPSA) is 89.4 Å². The van der Waals surface area contributed by atoms with E-state index in [0.29, 0.717) is 29.1 Å². The molecule has 182 valence electrons. The zero-order valence-electron chi connectivity index (χ0n) is 19.4. The molecule has 2 amide bonds. The van der Waals surface area contributed by atoms with Gasteiger partial charge in [0.2, 0.25) is 0 Å². The average Bonchev–Trinajstić information content (AvgIpc) is 3.12. The summed E-state index contributed by atoms with van der Waals surface area (Å²) in [6, 6.07) is 19.8. The Balaban J connectivity index is 1.51. The number of rotatable bonds is 8. The number of fused-ring (bicyclic) bond motifs is 1. The summed E-state index contributed by atoms with van der Waals surface area (Å²) in [5, 5.41) is 5.88. The molecule has 0 saturated carbocycles. The Labute approximate surface area is 203 Å². The van der Waals surface area contributed by atoms with Crippen molar-refractivity contribution < 1.29 is 22.3 Å². The van der Waals surface area contributed by atoms with Crippen LogP contribution in [0, 0.1) is 12.7 Å². The second-order valence-corrected chi connectivity index (χ2v) is 10.1. The van der Waals surface area contributed by atoms with Crippen LogP contribution in [0.25, 0.3) is 10.9 Å².